The summed E-state index contributed by atoms with van der Waals surface area (Å²) in [5.74, 6) is -0.220. The van der Waals surface area contributed by atoms with E-state index in [1.165, 1.54) is 7.11 Å². The first-order chi connectivity index (χ1) is 7.63. The minimum absolute atomic E-state index is 0.220. The molecule has 5 nitrogen and oxygen atoms in total. The molecule has 2 N–H and O–H groups in total. The van der Waals surface area contributed by atoms with Gasteiger partial charge in [0.05, 0.1) is 7.11 Å². The van der Waals surface area contributed by atoms with Crippen LogP contribution in [-0.4, -0.2) is 68.2 Å². The second-order valence-corrected chi connectivity index (χ2v) is 4.31. The van der Waals surface area contributed by atoms with Gasteiger partial charge in [0.15, 0.2) is 0 Å². The van der Waals surface area contributed by atoms with Crippen molar-refractivity contribution in [3.63, 3.8) is 0 Å². The smallest absolute Gasteiger partial charge is 0.324 e. The van der Waals surface area contributed by atoms with Crippen molar-refractivity contribution in [2.75, 3.05) is 40.3 Å². The summed E-state index contributed by atoms with van der Waals surface area (Å²) in [6.07, 6.45) is 1.09. The molecule has 1 aliphatic rings. The van der Waals surface area contributed by atoms with E-state index in [0.29, 0.717) is 12.6 Å². The van der Waals surface area contributed by atoms with Crippen LogP contribution >= 0.6 is 0 Å². The molecular weight excluding hydrogens is 206 g/mol. The summed E-state index contributed by atoms with van der Waals surface area (Å²) >= 11 is 0. The summed E-state index contributed by atoms with van der Waals surface area (Å²) in [5, 5.41) is 0. The van der Waals surface area contributed by atoms with Gasteiger partial charge >= 0.3 is 5.97 Å². The van der Waals surface area contributed by atoms with Crippen LogP contribution in [0.25, 0.3) is 0 Å². The fourth-order valence-electron chi connectivity index (χ4n) is 2.22. The predicted molar refractivity (Wildman–Crippen MR) is 63.1 cm³/mol. The van der Waals surface area contributed by atoms with Crippen molar-refractivity contribution in [2.45, 2.75) is 25.4 Å². The third-order valence-electron chi connectivity index (χ3n) is 3.42. The number of carbonyl (C=O) groups excluding carboxylic acids is 1. The molecule has 0 radical (unpaired) electrons. The largest absolute Gasteiger partial charge is 0.468 e. The lowest BCUT2D eigenvalue weighted by Crippen LogP contribution is -2.58. The van der Waals surface area contributed by atoms with Gasteiger partial charge in [0.25, 0.3) is 0 Å². The molecule has 0 aromatic rings. The van der Waals surface area contributed by atoms with E-state index in [4.69, 9.17) is 10.5 Å². The van der Waals surface area contributed by atoms with Crippen molar-refractivity contribution in [1.82, 2.24) is 9.80 Å². The number of ether oxygens (including phenoxy) is 1. The first-order valence-corrected chi connectivity index (χ1v) is 5.86. The Balaban J connectivity index is 2.62. The van der Waals surface area contributed by atoms with E-state index < -0.39 is 0 Å². The zero-order valence-electron chi connectivity index (χ0n) is 10.5. The molecule has 94 valence electrons. The molecule has 1 fully saturated rings. The number of piperazine rings is 1. The average Bonchev–Trinajstić information content (AvgIpc) is 2.31. The number of esters is 1. The molecule has 16 heavy (non-hydrogen) atoms. The summed E-state index contributed by atoms with van der Waals surface area (Å²) in [4.78, 5) is 16.0. The van der Waals surface area contributed by atoms with E-state index in [1.54, 1.807) is 0 Å². The molecule has 0 aliphatic carbocycles. The monoisotopic (exact) mass is 229 g/mol. The van der Waals surface area contributed by atoms with Crippen LogP contribution in [0.3, 0.4) is 0 Å². The van der Waals surface area contributed by atoms with Gasteiger partial charge in [-0.05, 0) is 13.5 Å². The quantitative estimate of drug-likeness (QED) is 0.659. The Morgan fingerprint density at radius 3 is 2.75 bits per heavy atom. The molecule has 1 heterocycles. The average molecular weight is 229 g/mol. The lowest BCUT2D eigenvalue weighted by molar-refractivity contribution is -0.147. The second-order valence-electron chi connectivity index (χ2n) is 4.31. The van der Waals surface area contributed by atoms with Crippen molar-refractivity contribution >= 4 is 5.97 Å². The molecule has 2 atom stereocenters. The van der Waals surface area contributed by atoms with Crippen molar-refractivity contribution < 1.29 is 9.53 Å². The van der Waals surface area contributed by atoms with Gasteiger partial charge in [-0.2, -0.15) is 0 Å². The first kappa shape index (κ1) is 13.4. The van der Waals surface area contributed by atoms with Crippen molar-refractivity contribution in [2.24, 2.45) is 5.73 Å². The van der Waals surface area contributed by atoms with E-state index >= 15 is 0 Å². The van der Waals surface area contributed by atoms with Gasteiger partial charge in [0, 0.05) is 32.2 Å². The summed E-state index contributed by atoms with van der Waals surface area (Å²) < 4.78 is 4.78. The van der Waals surface area contributed by atoms with Gasteiger partial charge in [-0.25, -0.2) is 0 Å². The molecule has 1 rings (SSSR count). The number of nitrogens with zero attached hydrogens (tertiary/aromatic N) is 2. The number of hydrogen-bond donors (Lipinski definition) is 1. The van der Waals surface area contributed by atoms with Crippen LogP contribution in [0.15, 0.2) is 0 Å². The molecule has 2 unspecified atom stereocenters. The summed E-state index contributed by atoms with van der Waals surface area (Å²) in [6, 6.07) is 0.222. The Morgan fingerprint density at radius 1 is 1.56 bits per heavy atom. The Bertz CT molecular complexity index is 235. The number of likely N-dealkylation sites (N-methyl/N-ethyl adjacent to an activating group) is 1. The minimum atomic E-state index is -0.284. The second kappa shape index (κ2) is 6.18. The molecule has 1 aliphatic heterocycles. The topological polar surface area (TPSA) is 58.8 Å². The molecule has 0 aromatic carbocycles. The van der Waals surface area contributed by atoms with Crippen molar-refractivity contribution in [3.8, 4) is 0 Å². The van der Waals surface area contributed by atoms with Crippen LogP contribution in [0.2, 0.25) is 0 Å². The van der Waals surface area contributed by atoms with Crippen LogP contribution in [0, 0.1) is 0 Å². The molecule has 5 heteroatoms. The van der Waals surface area contributed by atoms with Gasteiger partial charge in [-0.1, -0.05) is 6.92 Å². The fraction of sp³-hybridized carbons (Fsp3) is 0.909. The van der Waals surface area contributed by atoms with E-state index in [9.17, 15) is 4.79 Å². The highest BCUT2D eigenvalue weighted by Gasteiger charge is 2.31. The lowest BCUT2D eigenvalue weighted by atomic mass is 10.1. The summed E-state index contributed by atoms with van der Waals surface area (Å²) in [6.45, 7) is 5.24. The van der Waals surface area contributed by atoms with E-state index in [1.807, 2.05) is 0 Å². The third kappa shape index (κ3) is 2.93. The molecule has 0 aromatic heterocycles. The maximum atomic E-state index is 11.6. The number of rotatable bonds is 4. The molecule has 0 saturated carbocycles. The number of carbonyl (C=O) groups is 1. The third-order valence-corrected chi connectivity index (χ3v) is 3.42. The lowest BCUT2D eigenvalue weighted by Gasteiger charge is -2.41. The van der Waals surface area contributed by atoms with Crippen molar-refractivity contribution in [3.05, 3.63) is 0 Å². The highest BCUT2D eigenvalue weighted by atomic mass is 16.5. The van der Waals surface area contributed by atoms with Crippen LogP contribution in [-0.2, 0) is 9.53 Å². The maximum Gasteiger partial charge on any atom is 0.324 e. The number of hydrogen-bond acceptors (Lipinski definition) is 5. The van der Waals surface area contributed by atoms with Gasteiger partial charge in [-0.15, -0.1) is 0 Å². The normalized spacial score (nSPS) is 25.4. The Morgan fingerprint density at radius 2 is 2.25 bits per heavy atom. The Hall–Kier alpha value is -0.650. The van der Waals surface area contributed by atoms with Crippen LogP contribution in [0.1, 0.15) is 13.3 Å². The van der Waals surface area contributed by atoms with E-state index in [0.717, 1.165) is 26.1 Å². The molecule has 0 spiro atoms. The van der Waals surface area contributed by atoms with Gasteiger partial charge in [0.2, 0.25) is 0 Å². The first-order valence-electron chi connectivity index (χ1n) is 5.86. The van der Waals surface area contributed by atoms with Gasteiger partial charge < -0.3 is 15.4 Å². The maximum absolute atomic E-state index is 11.6. The van der Waals surface area contributed by atoms with Gasteiger partial charge in [0.1, 0.15) is 6.04 Å². The van der Waals surface area contributed by atoms with E-state index in [-0.39, 0.29) is 12.0 Å². The zero-order valence-corrected chi connectivity index (χ0v) is 10.5. The van der Waals surface area contributed by atoms with Crippen LogP contribution in [0.4, 0.5) is 0 Å². The SMILES string of the molecule is CCC1CN(C(CN)C(=O)OC)CCN1C. The van der Waals surface area contributed by atoms with Crippen LogP contribution in [0.5, 0.6) is 0 Å². The summed E-state index contributed by atoms with van der Waals surface area (Å²) in [5.41, 5.74) is 5.65. The van der Waals surface area contributed by atoms with Gasteiger partial charge in [-0.3, -0.25) is 9.69 Å². The molecule has 0 bridgehead atoms. The predicted octanol–water partition coefficient (Wildman–Crippen LogP) is -0.487. The fourth-order valence-corrected chi connectivity index (χ4v) is 2.22. The van der Waals surface area contributed by atoms with Crippen LogP contribution < -0.4 is 5.73 Å². The summed E-state index contributed by atoms with van der Waals surface area (Å²) in [7, 11) is 3.54. The standard InChI is InChI=1S/C11H23N3O2/c1-4-9-8-14(6-5-13(9)2)10(7-12)11(15)16-3/h9-10H,4-8,12H2,1-3H3. The highest BCUT2D eigenvalue weighted by molar-refractivity contribution is 5.75. The highest BCUT2D eigenvalue weighted by Crippen LogP contribution is 2.13. The Kier molecular flexibility index (Phi) is 5.18. The molecule has 0 amide bonds. The van der Waals surface area contributed by atoms with E-state index in [2.05, 4.69) is 23.8 Å². The number of methoxy groups -OCH3 is 1. The molecule has 1 saturated heterocycles. The zero-order chi connectivity index (χ0) is 12.1. The van der Waals surface area contributed by atoms with Crippen molar-refractivity contribution in [1.29, 1.82) is 0 Å². The minimum Gasteiger partial charge on any atom is -0.468 e. The number of nitrogens with two attached hydrogens (primary N) is 1. The molecular formula is C11H23N3O2. The Labute approximate surface area is 97.5 Å².